The molecule has 0 spiro atoms. The quantitative estimate of drug-likeness (QED) is 0.567. The van der Waals surface area contributed by atoms with Gasteiger partial charge in [-0.1, -0.05) is 0 Å². The van der Waals surface area contributed by atoms with Gasteiger partial charge in [-0.2, -0.15) is 0 Å². The van der Waals surface area contributed by atoms with Crippen LogP contribution >= 0.6 is 0 Å². The van der Waals surface area contributed by atoms with E-state index >= 15 is 0 Å². The van der Waals surface area contributed by atoms with Crippen LogP contribution in [0.3, 0.4) is 0 Å². The summed E-state index contributed by atoms with van der Waals surface area (Å²) in [5.74, 6) is 0. The monoisotopic (exact) mass is 260 g/mol. The van der Waals surface area contributed by atoms with Crippen molar-refractivity contribution in [1.82, 2.24) is 0 Å². The molecule has 72 valence electrons. The van der Waals surface area contributed by atoms with Crippen molar-refractivity contribution in [3.8, 4) is 0 Å². The summed E-state index contributed by atoms with van der Waals surface area (Å²) in [7, 11) is 0. The van der Waals surface area contributed by atoms with Crippen LogP contribution < -0.4 is 5.43 Å². The standard InChI is InChI=1S/C13H8OSe/c14-13-10-4-2-1-3-9(10)5-6-12-11(13)7-8-15-12/h1-8H. The first-order valence-electron chi connectivity index (χ1n) is 4.75. The van der Waals surface area contributed by atoms with E-state index in [1.54, 1.807) is 0 Å². The van der Waals surface area contributed by atoms with E-state index in [1.165, 1.54) is 4.26 Å². The van der Waals surface area contributed by atoms with Crippen molar-refractivity contribution in [2.45, 2.75) is 0 Å². The van der Waals surface area contributed by atoms with Crippen LogP contribution in [0.25, 0.3) is 20.4 Å². The second-order valence-corrected chi connectivity index (χ2v) is 5.44. The van der Waals surface area contributed by atoms with Crippen molar-refractivity contribution in [2.24, 2.45) is 0 Å². The van der Waals surface area contributed by atoms with Gasteiger partial charge in [-0.05, 0) is 0 Å². The van der Waals surface area contributed by atoms with Crippen molar-refractivity contribution in [2.75, 3.05) is 0 Å². The fourth-order valence-electron chi connectivity index (χ4n) is 1.80. The van der Waals surface area contributed by atoms with Gasteiger partial charge in [-0.15, -0.1) is 0 Å². The third kappa shape index (κ3) is 1.34. The SMILES string of the molecule is O=c1c2ccccc2ccc2[se]ccc12. The zero-order valence-electron chi connectivity index (χ0n) is 7.94. The average molecular weight is 259 g/mol. The van der Waals surface area contributed by atoms with Gasteiger partial charge in [0.1, 0.15) is 0 Å². The molecule has 0 N–H and O–H groups in total. The Morgan fingerprint density at radius 3 is 2.67 bits per heavy atom. The van der Waals surface area contributed by atoms with Gasteiger partial charge in [-0.3, -0.25) is 0 Å². The summed E-state index contributed by atoms with van der Waals surface area (Å²) in [6.07, 6.45) is 0. The van der Waals surface area contributed by atoms with Gasteiger partial charge in [0.25, 0.3) is 0 Å². The number of hydrogen-bond acceptors (Lipinski definition) is 1. The number of benzene rings is 1. The Bertz CT molecular complexity index is 697. The number of rotatable bonds is 0. The van der Waals surface area contributed by atoms with E-state index in [0.717, 1.165) is 16.2 Å². The molecular formula is C13H8OSe. The summed E-state index contributed by atoms with van der Waals surface area (Å²) >= 11 is 0.337. The molecule has 0 atom stereocenters. The fourth-order valence-corrected chi connectivity index (χ4v) is 3.44. The van der Waals surface area contributed by atoms with Crippen LogP contribution in [0.15, 0.2) is 52.2 Å². The second kappa shape index (κ2) is 3.34. The maximum atomic E-state index is 12.2. The molecule has 0 saturated heterocycles. The molecule has 3 rings (SSSR count). The number of hydrogen-bond donors (Lipinski definition) is 0. The van der Waals surface area contributed by atoms with Gasteiger partial charge in [0, 0.05) is 0 Å². The Labute approximate surface area is 92.7 Å². The van der Waals surface area contributed by atoms with Crippen LogP contribution in [0.4, 0.5) is 0 Å². The second-order valence-electron chi connectivity index (χ2n) is 3.45. The fraction of sp³-hybridized carbons (Fsp3) is 0. The molecule has 0 unspecified atom stereocenters. The molecule has 3 aromatic rings. The van der Waals surface area contributed by atoms with E-state index in [9.17, 15) is 4.79 Å². The van der Waals surface area contributed by atoms with Crippen molar-refractivity contribution >= 4 is 34.9 Å². The molecule has 0 bridgehead atoms. The normalized spacial score (nSPS) is 10.9. The van der Waals surface area contributed by atoms with Crippen molar-refractivity contribution in [3.63, 3.8) is 0 Å². The maximum absolute atomic E-state index is 12.2. The minimum atomic E-state index is 0.168. The van der Waals surface area contributed by atoms with E-state index in [0.29, 0.717) is 14.5 Å². The molecule has 0 saturated carbocycles. The van der Waals surface area contributed by atoms with Gasteiger partial charge in [0.2, 0.25) is 0 Å². The summed E-state index contributed by atoms with van der Waals surface area (Å²) in [6.45, 7) is 0. The first-order chi connectivity index (χ1) is 7.36. The van der Waals surface area contributed by atoms with Crippen molar-refractivity contribution in [3.05, 3.63) is 57.6 Å². The molecule has 0 radical (unpaired) electrons. The summed E-state index contributed by atoms with van der Waals surface area (Å²) in [5.41, 5.74) is 0.168. The Kier molecular flexibility index (Phi) is 1.98. The van der Waals surface area contributed by atoms with Gasteiger partial charge in [-0.25, -0.2) is 0 Å². The van der Waals surface area contributed by atoms with E-state index < -0.39 is 0 Å². The van der Waals surface area contributed by atoms with Gasteiger partial charge >= 0.3 is 92.6 Å². The summed E-state index contributed by atoms with van der Waals surface area (Å²) in [6, 6.07) is 13.9. The van der Waals surface area contributed by atoms with Crippen LogP contribution in [-0.2, 0) is 0 Å². The van der Waals surface area contributed by atoms with Gasteiger partial charge < -0.3 is 0 Å². The average Bonchev–Trinajstić information content (AvgIpc) is 2.69. The van der Waals surface area contributed by atoms with Crippen LogP contribution in [-0.4, -0.2) is 14.5 Å². The molecule has 0 amide bonds. The zero-order chi connectivity index (χ0) is 10.3. The summed E-state index contributed by atoms with van der Waals surface area (Å²) in [5, 5.41) is 2.73. The molecule has 1 heterocycles. The van der Waals surface area contributed by atoms with Crippen LogP contribution in [0, 0.1) is 0 Å². The Hall–Kier alpha value is -1.37. The Morgan fingerprint density at radius 2 is 1.73 bits per heavy atom. The summed E-state index contributed by atoms with van der Waals surface area (Å²) < 4.78 is 1.20. The predicted molar refractivity (Wildman–Crippen MR) is 64.7 cm³/mol. The van der Waals surface area contributed by atoms with E-state index in [-0.39, 0.29) is 5.43 Å². The van der Waals surface area contributed by atoms with Crippen LogP contribution in [0.1, 0.15) is 0 Å². The van der Waals surface area contributed by atoms with E-state index in [4.69, 9.17) is 0 Å². The predicted octanol–water partition coefficient (Wildman–Crippen LogP) is 2.41. The van der Waals surface area contributed by atoms with Gasteiger partial charge in [0.15, 0.2) is 0 Å². The molecule has 1 nitrogen and oxygen atoms in total. The minimum absolute atomic E-state index is 0.168. The molecule has 2 heteroatoms. The molecule has 0 fully saturated rings. The third-order valence-electron chi connectivity index (χ3n) is 2.56. The molecule has 0 aliphatic carbocycles. The summed E-state index contributed by atoms with van der Waals surface area (Å²) in [4.78, 5) is 14.3. The van der Waals surface area contributed by atoms with E-state index in [1.807, 2.05) is 36.4 Å². The van der Waals surface area contributed by atoms with Crippen LogP contribution in [0.5, 0.6) is 0 Å². The van der Waals surface area contributed by atoms with Crippen molar-refractivity contribution < 1.29 is 0 Å². The molecule has 0 aliphatic rings. The third-order valence-corrected chi connectivity index (χ3v) is 4.41. The Balaban J connectivity index is 2.71. The molecule has 0 aliphatic heterocycles. The van der Waals surface area contributed by atoms with Gasteiger partial charge in [0.05, 0.1) is 0 Å². The number of fused-ring (bicyclic) bond motifs is 2. The first kappa shape index (κ1) is 8.90. The molecule has 15 heavy (non-hydrogen) atoms. The van der Waals surface area contributed by atoms with Crippen LogP contribution in [0.2, 0.25) is 0 Å². The first-order valence-corrected chi connectivity index (χ1v) is 6.60. The Morgan fingerprint density at radius 1 is 0.867 bits per heavy atom. The molecular weight excluding hydrogens is 251 g/mol. The molecule has 2 aromatic carbocycles. The van der Waals surface area contributed by atoms with Crippen molar-refractivity contribution in [1.29, 1.82) is 0 Å². The molecule has 1 aromatic heterocycles. The van der Waals surface area contributed by atoms with E-state index in [2.05, 4.69) is 11.0 Å². The zero-order valence-corrected chi connectivity index (χ0v) is 9.65. The topological polar surface area (TPSA) is 17.1 Å².